The molecule has 0 aliphatic carbocycles. The second-order valence-electron chi connectivity index (χ2n) is 5.81. The van der Waals surface area contributed by atoms with Crippen molar-refractivity contribution in [3.63, 3.8) is 0 Å². The molecule has 0 unspecified atom stereocenters. The molecule has 2 heterocycles. The summed E-state index contributed by atoms with van der Waals surface area (Å²) in [5, 5.41) is 7.98. The average molecular weight is 380 g/mol. The lowest BCUT2D eigenvalue weighted by Gasteiger charge is -2.05. The standard InChI is InChI=1S/C19H16N4OS2/c1-2-14-18(26-23-22-14)19(24)20-13-9-7-12(8-10-13)11-17-21-15-5-3-4-6-16(15)25-17/h3-10H,2,11H2,1H3,(H,20,24). The molecule has 26 heavy (non-hydrogen) atoms. The van der Waals surface area contributed by atoms with E-state index in [1.807, 2.05) is 49.4 Å². The van der Waals surface area contributed by atoms with E-state index in [4.69, 9.17) is 0 Å². The number of nitrogens with one attached hydrogen (secondary N) is 1. The molecule has 0 bridgehead atoms. The molecule has 4 rings (SSSR count). The Kier molecular flexibility index (Phi) is 4.73. The van der Waals surface area contributed by atoms with E-state index in [0.717, 1.165) is 45.4 Å². The molecule has 7 heteroatoms. The monoisotopic (exact) mass is 380 g/mol. The van der Waals surface area contributed by atoms with Gasteiger partial charge < -0.3 is 5.32 Å². The largest absolute Gasteiger partial charge is 0.321 e. The van der Waals surface area contributed by atoms with Crippen LogP contribution in [0.1, 0.15) is 32.9 Å². The Morgan fingerprint density at radius 2 is 1.92 bits per heavy atom. The first-order valence-corrected chi connectivity index (χ1v) is 9.88. The van der Waals surface area contributed by atoms with Crippen molar-refractivity contribution >= 4 is 44.7 Å². The number of amides is 1. The second-order valence-corrected chi connectivity index (χ2v) is 7.67. The van der Waals surface area contributed by atoms with Crippen LogP contribution in [0.3, 0.4) is 0 Å². The van der Waals surface area contributed by atoms with Gasteiger partial charge in [0, 0.05) is 12.1 Å². The second kappa shape index (κ2) is 7.31. The van der Waals surface area contributed by atoms with Gasteiger partial charge >= 0.3 is 0 Å². The fraction of sp³-hybridized carbons (Fsp3) is 0.158. The van der Waals surface area contributed by atoms with Gasteiger partial charge in [0.1, 0.15) is 4.88 Å². The van der Waals surface area contributed by atoms with Crippen molar-refractivity contribution in [2.75, 3.05) is 5.32 Å². The number of rotatable bonds is 5. The van der Waals surface area contributed by atoms with Crippen LogP contribution >= 0.6 is 22.9 Å². The van der Waals surface area contributed by atoms with E-state index in [-0.39, 0.29) is 5.91 Å². The van der Waals surface area contributed by atoms with Gasteiger partial charge in [-0.1, -0.05) is 35.7 Å². The van der Waals surface area contributed by atoms with Crippen LogP contribution in [0.15, 0.2) is 48.5 Å². The summed E-state index contributed by atoms with van der Waals surface area (Å²) in [5.41, 5.74) is 3.70. The minimum absolute atomic E-state index is 0.157. The number of carbonyl (C=O) groups is 1. The Hall–Kier alpha value is -2.64. The number of anilines is 1. The number of benzene rings is 2. The molecule has 2 aromatic carbocycles. The number of fused-ring (bicyclic) bond motifs is 1. The Balaban J connectivity index is 1.45. The topological polar surface area (TPSA) is 67.8 Å². The van der Waals surface area contributed by atoms with Crippen LogP contribution < -0.4 is 5.32 Å². The first-order chi connectivity index (χ1) is 12.7. The Morgan fingerprint density at radius 3 is 2.69 bits per heavy atom. The van der Waals surface area contributed by atoms with Crippen LogP contribution in [0.2, 0.25) is 0 Å². The van der Waals surface area contributed by atoms with Gasteiger partial charge in [-0.05, 0) is 47.8 Å². The van der Waals surface area contributed by atoms with Crippen LogP contribution in [0.25, 0.3) is 10.2 Å². The molecule has 1 amide bonds. The van der Waals surface area contributed by atoms with E-state index in [1.54, 1.807) is 11.3 Å². The molecule has 5 nitrogen and oxygen atoms in total. The van der Waals surface area contributed by atoms with E-state index < -0.39 is 0 Å². The molecule has 0 aliphatic heterocycles. The van der Waals surface area contributed by atoms with E-state index >= 15 is 0 Å². The van der Waals surface area contributed by atoms with Crippen molar-refractivity contribution in [1.29, 1.82) is 0 Å². The highest BCUT2D eigenvalue weighted by Gasteiger charge is 2.15. The van der Waals surface area contributed by atoms with Gasteiger partial charge in [-0.15, -0.1) is 16.4 Å². The number of nitrogens with zero attached hydrogens (tertiary/aromatic N) is 3. The summed E-state index contributed by atoms with van der Waals surface area (Å²) < 4.78 is 5.06. The summed E-state index contributed by atoms with van der Waals surface area (Å²) in [5.74, 6) is -0.157. The number of aromatic nitrogens is 3. The van der Waals surface area contributed by atoms with Crippen LogP contribution in [-0.4, -0.2) is 20.5 Å². The fourth-order valence-corrected chi connectivity index (χ4v) is 4.32. The van der Waals surface area contributed by atoms with Crippen molar-refractivity contribution in [2.24, 2.45) is 0 Å². The highest BCUT2D eigenvalue weighted by Crippen LogP contribution is 2.24. The maximum absolute atomic E-state index is 12.3. The molecule has 0 aliphatic rings. The molecule has 130 valence electrons. The third-order valence-corrected chi connectivity index (χ3v) is 5.81. The molecule has 0 fully saturated rings. The Morgan fingerprint density at radius 1 is 1.12 bits per heavy atom. The zero-order chi connectivity index (χ0) is 17.9. The zero-order valence-corrected chi connectivity index (χ0v) is 15.7. The van der Waals surface area contributed by atoms with Crippen LogP contribution in [0, 0.1) is 0 Å². The number of carbonyl (C=O) groups excluding carboxylic acids is 1. The molecular formula is C19H16N4OS2. The average Bonchev–Trinajstić information content (AvgIpc) is 3.29. The molecule has 0 radical (unpaired) electrons. The lowest BCUT2D eigenvalue weighted by Crippen LogP contribution is -2.12. The third kappa shape index (κ3) is 3.49. The highest BCUT2D eigenvalue weighted by atomic mass is 32.1. The van der Waals surface area contributed by atoms with E-state index in [9.17, 15) is 4.79 Å². The number of hydrogen-bond acceptors (Lipinski definition) is 6. The third-order valence-electron chi connectivity index (χ3n) is 4.00. The molecule has 1 N–H and O–H groups in total. The lowest BCUT2D eigenvalue weighted by molar-refractivity contribution is 0.102. The number of hydrogen-bond donors (Lipinski definition) is 1. The van der Waals surface area contributed by atoms with E-state index in [1.165, 1.54) is 4.70 Å². The summed E-state index contributed by atoms with van der Waals surface area (Å²) in [6, 6.07) is 16.0. The normalized spacial score (nSPS) is 11.0. The molecule has 4 aromatic rings. The molecule has 2 aromatic heterocycles. The maximum atomic E-state index is 12.3. The van der Waals surface area contributed by atoms with Crippen molar-refractivity contribution in [3.05, 3.63) is 69.7 Å². The summed E-state index contributed by atoms with van der Waals surface area (Å²) in [6.45, 7) is 1.96. The van der Waals surface area contributed by atoms with Crippen LogP contribution in [0.5, 0.6) is 0 Å². The Labute approximate surface area is 158 Å². The smallest absolute Gasteiger partial charge is 0.269 e. The fourth-order valence-electron chi connectivity index (χ4n) is 2.68. The number of thiazole rings is 1. The zero-order valence-electron chi connectivity index (χ0n) is 14.1. The van der Waals surface area contributed by atoms with Gasteiger partial charge in [-0.2, -0.15) is 0 Å². The molecule has 0 atom stereocenters. The first-order valence-electron chi connectivity index (χ1n) is 8.29. The SMILES string of the molecule is CCc1nnsc1C(=O)Nc1ccc(Cc2nc3ccccc3s2)cc1. The molecular weight excluding hydrogens is 364 g/mol. The van der Waals surface area contributed by atoms with Gasteiger partial charge in [0.25, 0.3) is 5.91 Å². The van der Waals surface area contributed by atoms with Gasteiger partial charge in [-0.25, -0.2) is 4.98 Å². The quantitative estimate of drug-likeness (QED) is 0.551. The molecule has 0 spiro atoms. The highest BCUT2D eigenvalue weighted by molar-refractivity contribution is 7.18. The van der Waals surface area contributed by atoms with Gasteiger partial charge in [-0.3, -0.25) is 4.79 Å². The maximum Gasteiger partial charge on any atom is 0.269 e. The predicted molar refractivity (Wildman–Crippen MR) is 106 cm³/mol. The van der Waals surface area contributed by atoms with Crippen molar-refractivity contribution < 1.29 is 4.79 Å². The van der Waals surface area contributed by atoms with Crippen LogP contribution in [-0.2, 0) is 12.8 Å². The Bertz CT molecular complexity index is 1020. The summed E-state index contributed by atoms with van der Waals surface area (Å²) >= 11 is 2.84. The molecule has 0 saturated heterocycles. The van der Waals surface area contributed by atoms with Crippen molar-refractivity contribution in [3.8, 4) is 0 Å². The van der Waals surface area contributed by atoms with Gasteiger partial charge in [0.2, 0.25) is 0 Å². The van der Waals surface area contributed by atoms with Gasteiger partial charge in [0.05, 0.1) is 20.9 Å². The summed E-state index contributed by atoms with van der Waals surface area (Å²) in [4.78, 5) is 17.6. The van der Waals surface area contributed by atoms with Crippen molar-refractivity contribution in [2.45, 2.75) is 19.8 Å². The number of aryl methyl sites for hydroxylation is 1. The van der Waals surface area contributed by atoms with E-state index in [2.05, 4.69) is 26.0 Å². The lowest BCUT2D eigenvalue weighted by atomic mass is 10.1. The number of para-hydroxylation sites is 1. The minimum Gasteiger partial charge on any atom is -0.321 e. The van der Waals surface area contributed by atoms with Gasteiger partial charge in [0.15, 0.2) is 0 Å². The van der Waals surface area contributed by atoms with E-state index in [0.29, 0.717) is 11.3 Å². The van der Waals surface area contributed by atoms with Crippen molar-refractivity contribution in [1.82, 2.24) is 14.6 Å². The predicted octanol–water partition coefficient (Wildman–Crippen LogP) is 4.55. The minimum atomic E-state index is -0.157. The first kappa shape index (κ1) is 16.8. The summed E-state index contributed by atoms with van der Waals surface area (Å²) in [6.07, 6.45) is 1.48. The summed E-state index contributed by atoms with van der Waals surface area (Å²) in [7, 11) is 0. The van der Waals surface area contributed by atoms with Crippen LogP contribution in [0.4, 0.5) is 5.69 Å². The molecule has 0 saturated carbocycles.